The Balaban J connectivity index is 0.00000225. The van der Waals surface area contributed by atoms with E-state index in [2.05, 4.69) is 11.4 Å². The van der Waals surface area contributed by atoms with Gasteiger partial charge in [-0.3, -0.25) is 4.79 Å². The average Bonchev–Trinajstić information content (AvgIpc) is 2.11. The number of hydrogen-bond acceptors (Lipinski definition) is 1. The smallest absolute Gasteiger partial charge is 0.348 e. The standard InChI is InChI=1S/C11H12Cl2NO.Li/c1-11(2,3)10(15)14-8-6-4-5-7(12)9(8)13;/h4-5H,1-3H3,(H,14,15);/q-1;+1. The third kappa shape index (κ3) is 4.03. The van der Waals surface area contributed by atoms with Crippen LogP contribution in [-0.2, 0) is 4.79 Å². The second-order valence-corrected chi connectivity index (χ2v) is 5.00. The van der Waals surface area contributed by atoms with Crippen LogP contribution in [0, 0.1) is 11.5 Å². The third-order valence-electron chi connectivity index (χ3n) is 1.81. The van der Waals surface area contributed by atoms with E-state index in [4.69, 9.17) is 23.2 Å². The quantitative estimate of drug-likeness (QED) is 0.581. The normalized spacial score (nSPS) is 10.6. The van der Waals surface area contributed by atoms with Gasteiger partial charge >= 0.3 is 18.9 Å². The van der Waals surface area contributed by atoms with Crippen LogP contribution in [-0.4, -0.2) is 5.91 Å². The number of carbonyl (C=O) groups is 1. The van der Waals surface area contributed by atoms with Gasteiger partial charge in [0.25, 0.3) is 0 Å². The van der Waals surface area contributed by atoms with Crippen molar-refractivity contribution in [1.82, 2.24) is 0 Å². The monoisotopic (exact) mass is 251 g/mol. The Morgan fingerprint density at radius 3 is 2.44 bits per heavy atom. The maximum Gasteiger partial charge on any atom is 1.00 e. The Morgan fingerprint density at radius 1 is 1.38 bits per heavy atom. The van der Waals surface area contributed by atoms with Crippen molar-refractivity contribution in [2.45, 2.75) is 20.8 Å². The Hall–Kier alpha value is -0.133. The van der Waals surface area contributed by atoms with E-state index in [1.54, 1.807) is 12.1 Å². The average molecular weight is 252 g/mol. The summed E-state index contributed by atoms with van der Waals surface area (Å²) in [6.07, 6.45) is 0. The minimum Gasteiger partial charge on any atom is -0.348 e. The topological polar surface area (TPSA) is 29.1 Å². The molecule has 0 saturated heterocycles. The molecule has 0 bridgehead atoms. The van der Waals surface area contributed by atoms with Crippen molar-refractivity contribution in [3.63, 3.8) is 0 Å². The molecule has 0 spiro atoms. The van der Waals surface area contributed by atoms with Crippen molar-refractivity contribution >= 4 is 34.8 Å². The molecule has 0 aliphatic rings. The van der Waals surface area contributed by atoms with Crippen LogP contribution in [0.15, 0.2) is 12.1 Å². The predicted octanol–water partition coefficient (Wildman–Crippen LogP) is 0.782. The Labute approximate surface area is 118 Å². The van der Waals surface area contributed by atoms with Crippen LogP contribution >= 0.6 is 23.2 Å². The number of carbonyl (C=O) groups excluding carboxylic acids is 1. The minimum absolute atomic E-state index is 0. The summed E-state index contributed by atoms with van der Waals surface area (Å²) in [5.74, 6) is -0.122. The first-order valence-corrected chi connectivity index (χ1v) is 5.25. The van der Waals surface area contributed by atoms with Gasteiger partial charge in [-0.2, -0.15) is 29.8 Å². The fourth-order valence-electron chi connectivity index (χ4n) is 0.846. The number of hydrogen-bond donors (Lipinski definition) is 1. The molecule has 0 radical (unpaired) electrons. The zero-order valence-corrected chi connectivity index (χ0v) is 11.3. The molecule has 1 rings (SSSR count). The summed E-state index contributed by atoms with van der Waals surface area (Å²) in [5.41, 5.74) is -0.0523. The van der Waals surface area contributed by atoms with Crippen LogP contribution < -0.4 is 24.2 Å². The van der Waals surface area contributed by atoms with Crippen molar-refractivity contribution in [2.24, 2.45) is 5.41 Å². The van der Waals surface area contributed by atoms with Crippen molar-refractivity contribution < 1.29 is 23.7 Å². The van der Waals surface area contributed by atoms with Crippen LogP contribution in [0.4, 0.5) is 5.69 Å². The largest absolute Gasteiger partial charge is 1.00 e. The molecule has 1 N–H and O–H groups in total. The van der Waals surface area contributed by atoms with E-state index < -0.39 is 5.41 Å². The van der Waals surface area contributed by atoms with Gasteiger partial charge in [-0.25, -0.2) is 0 Å². The van der Waals surface area contributed by atoms with Crippen molar-refractivity contribution in [3.8, 4) is 0 Å². The first-order valence-electron chi connectivity index (χ1n) is 4.49. The van der Waals surface area contributed by atoms with Crippen molar-refractivity contribution in [2.75, 3.05) is 5.32 Å². The van der Waals surface area contributed by atoms with Gasteiger partial charge in [-0.05, 0) is 10.0 Å². The second kappa shape index (κ2) is 5.98. The van der Waals surface area contributed by atoms with Gasteiger partial charge in [0, 0.05) is 5.41 Å². The Morgan fingerprint density at radius 2 is 1.94 bits per heavy atom. The number of amides is 1. The number of benzene rings is 1. The molecule has 82 valence electrons. The Bertz CT molecular complexity index is 388. The van der Waals surface area contributed by atoms with Crippen molar-refractivity contribution in [3.05, 3.63) is 28.2 Å². The third-order valence-corrected chi connectivity index (χ3v) is 2.61. The molecule has 0 atom stereocenters. The molecule has 1 amide bonds. The molecule has 2 nitrogen and oxygen atoms in total. The first kappa shape index (κ1) is 15.9. The summed E-state index contributed by atoms with van der Waals surface area (Å²) < 4.78 is 0. The molecule has 0 aromatic heterocycles. The van der Waals surface area contributed by atoms with Gasteiger partial charge in [0.1, 0.15) is 0 Å². The summed E-state index contributed by atoms with van der Waals surface area (Å²) in [5, 5.41) is 3.40. The van der Waals surface area contributed by atoms with Crippen LogP contribution in [0.2, 0.25) is 10.0 Å². The van der Waals surface area contributed by atoms with Gasteiger partial charge in [0.05, 0.1) is 0 Å². The summed E-state index contributed by atoms with van der Waals surface area (Å²) in [6, 6.07) is 6.07. The molecule has 16 heavy (non-hydrogen) atoms. The molecule has 0 aliphatic heterocycles. The molecule has 0 aliphatic carbocycles. The summed E-state index contributed by atoms with van der Waals surface area (Å²) in [6.45, 7) is 5.46. The van der Waals surface area contributed by atoms with Crippen LogP contribution in [0.1, 0.15) is 20.8 Å². The maximum atomic E-state index is 11.7. The van der Waals surface area contributed by atoms with E-state index in [1.165, 1.54) is 0 Å². The molecular formula is C11H12Cl2LiNO. The van der Waals surface area contributed by atoms with Gasteiger partial charge in [0.2, 0.25) is 5.91 Å². The van der Waals surface area contributed by atoms with Crippen LogP contribution in [0.25, 0.3) is 0 Å². The summed E-state index contributed by atoms with van der Waals surface area (Å²) >= 11 is 11.7. The van der Waals surface area contributed by atoms with Crippen molar-refractivity contribution in [1.29, 1.82) is 0 Å². The summed E-state index contributed by atoms with van der Waals surface area (Å²) in [7, 11) is 0. The summed E-state index contributed by atoms with van der Waals surface area (Å²) in [4.78, 5) is 11.7. The number of nitrogens with one attached hydrogen (secondary N) is 1. The van der Waals surface area contributed by atoms with Gasteiger partial charge < -0.3 is 5.32 Å². The number of anilines is 1. The predicted molar refractivity (Wildman–Crippen MR) is 63.4 cm³/mol. The minimum atomic E-state index is -0.473. The maximum absolute atomic E-state index is 11.7. The van der Waals surface area contributed by atoms with Crippen LogP contribution in [0.5, 0.6) is 0 Å². The van der Waals surface area contributed by atoms with E-state index in [0.717, 1.165) is 0 Å². The fraction of sp³-hybridized carbons (Fsp3) is 0.364. The Kier molecular flexibility index (Phi) is 5.93. The van der Waals surface area contributed by atoms with E-state index >= 15 is 0 Å². The van der Waals surface area contributed by atoms with E-state index in [9.17, 15) is 4.79 Å². The van der Waals surface area contributed by atoms with E-state index in [0.29, 0.717) is 15.7 Å². The van der Waals surface area contributed by atoms with E-state index in [-0.39, 0.29) is 24.8 Å². The SMILES string of the molecule is CC(C)(C)C(=O)Nc1[c-]ccc(Cl)c1Cl.[Li+]. The zero-order valence-electron chi connectivity index (χ0n) is 9.82. The molecule has 1 aromatic rings. The molecule has 1 aromatic carbocycles. The molecular weight excluding hydrogens is 240 g/mol. The van der Waals surface area contributed by atoms with E-state index in [1.807, 2.05) is 20.8 Å². The number of rotatable bonds is 1. The van der Waals surface area contributed by atoms with Gasteiger partial charge in [-0.1, -0.05) is 26.5 Å². The van der Waals surface area contributed by atoms with Gasteiger partial charge in [-0.15, -0.1) is 11.6 Å². The van der Waals surface area contributed by atoms with Crippen LogP contribution in [0.3, 0.4) is 0 Å². The molecule has 0 fully saturated rings. The fourth-order valence-corrected chi connectivity index (χ4v) is 1.17. The number of halogens is 2. The molecule has 0 heterocycles. The van der Waals surface area contributed by atoms with Gasteiger partial charge in [0.15, 0.2) is 0 Å². The zero-order chi connectivity index (χ0) is 11.6. The molecule has 0 unspecified atom stereocenters. The molecule has 5 heteroatoms. The molecule has 0 saturated carbocycles. The first-order chi connectivity index (χ1) is 6.82. The second-order valence-electron chi connectivity index (χ2n) is 4.22.